The third-order valence-electron chi connectivity index (χ3n) is 4.96. The molecule has 150 valence electrons. The Labute approximate surface area is 163 Å². The van der Waals surface area contributed by atoms with Crippen molar-refractivity contribution in [1.82, 2.24) is 15.5 Å². The van der Waals surface area contributed by atoms with Gasteiger partial charge in [-0.25, -0.2) is 0 Å². The average Bonchev–Trinajstić information content (AvgIpc) is 3.03. The molecule has 1 heterocycles. The number of nitrogens with zero attached hydrogens (tertiary/aromatic N) is 2. The van der Waals surface area contributed by atoms with Crippen molar-refractivity contribution in [3.8, 4) is 0 Å². The van der Waals surface area contributed by atoms with Crippen molar-refractivity contribution in [3.63, 3.8) is 0 Å². The molecular formula is C21H34N4O2. The molecule has 0 aromatic heterocycles. The fraction of sp³-hybridized carbons (Fsp3) is 0.619. The summed E-state index contributed by atoms with van der Waals surface area (Å²) in [5.74, 6) is 1.02. The zero-order chi connectivity index (χ0) is 19.9. The van der Waals surface area contributed by atoms with Crippen LogP contribution in [0.2, 0.25) is 0 Å². The van der Waals surface area contributed by atoms with Crippen LogP contribution in [0.15, 0.2) is 29.3 Å². The molecule has 2 rings (SSSR count). The molecule has 1 atom stereocenters. The zero-order valence-corrected chi connectivity index (χ0v) is 17.3. The number of carbonyl (C=O) groups is 1. The normalized spacial score (nSPS) is 16.6. The summed E-state index contributed by atoms with van der Waals surface area (Å²) >= 11 is 0. The van der Waals surface area contributed by atoms with Crippen LogP contribution < -0.4 is 10.6 Å². The first-order chi connectivity index (χ1) is 12.8. The fourth-order valence-corrected chi connectivity index (χ4v) is 3.19. The Balaban J connectivity index is 1.81. The van der Waals surface area contributed by atoms with Crippen LogP contribution >= 0.6 is 0 Å². The number of amides is 1. The van der Waals surface area contributed by atoms with Gasteiger partial charge in [-0.2, -0.15) is 0 Å². The van der Waals surface area contributed by atoms with E-state index in [1.54, 1.807) is 14.2 Å². The van der Waals surface area contributed by atoms with E-state index in [1.165, 1.54) is 11.1 Å². The number of ether oxygens (including phenoxy) is 1. The number of rotatable bonds is 7. The lowest BCUT2D eigenvalue weighted by molar-refractivity contribution is -0.128. The van der Waals surface area contributed by atoms with E-state index in [0.29, 0.717) is 26.1 Å². The molecule has 1 aromatic carbocycles. The molecule has 1 aromatic rings. The fourth-order valence-electron chi connectivity index (χ4n) is 3.19. The monoisotopic (exact) mass is 374 g/mol. The van der Waals surface area contributed by atoms with Crippen LogP contribution in [0.1, 0.15) is 44.7 Å². The minimum absolute atomic E-state index is 0.0627. The van der Waals surface area contributed by atoms with E-state index >= 15 is 0 Å². The van der Waals surface area contributed by atoms with E-state index in [-0.39, 0.29) is 17.4 Å². The first-order valence-corrected chi connectivity index (χ1v) is 9.66. The van der Waals surface area contributed by atoms with Gasteiger partial charge in [-0.3, -0.25) is 9.79 Å². The van der Waals surface area contributed by atoms with Crippen molar-refractivity contribution in [1.29, 1.82) is 0 Å². The topological polar surface area (TPSA) is 66.0 Å². The Morgan fingerprint density at radius 3 is 2.41 bits per heavy atom. The second kappa shape index (κ2) is 9.74. The highest BCUT2D eigenvalue weighted by Crippen LogP contribution is 2.21. The van der Waals surface area contributed by atoms with Gasteiger partial charge in [0.25, 0.3) is 0 Å². The Kier molecular flexibility index (Phi) is 7.66. The van der Waals surface area contributed by atoms with E-state index in [2.05, 4.69) is 60.7 Å². The van der Waals surface area contributed by atoms with Crippen LogP contribution in [-0.2, 0) is 22.6 Å². The highest BCUT2D eigenvalue weighted by atomic mass is 16.5. The molecule has 1 amide bonds. The van der Waals surface area contributed by atoms with Gasteiger partial charge in [-0.05, 0) is 23.0 Å². The Hall–Kier alpha value is -2.08. The van der Waals surface area contributed by atoms with Crippen LogP contribution in [0.3, 0.4) is 0 Å². The highest BCUT2D eigenvalue weighted by Gasteiger charge is 2.24. The van der Waals surface area contributed by atoms with Crippen LogP contribution in [0.25, 0.3) is 0 Å². The predicted octanol–water partition coefficient (Wildman–Crippen LogP) is 2.54. The molecule has 0 bridgehead atoms. The maximum absolute atomic E-state index is 11.7. The van der Waals surface area contributed by atoms with Gasteiger partial charge in [0, 0.05) is 46.8 Å². The number of hydrogen-bond acceptors (Lipinski definition) is 3. The zero-order valence-electron chi connectivity index (χ0n) is 17.3. The quantitative estimate of drug-likeness (QED) is 0.569. The van der Waals surface area contributed by atoms with Gasteiger partial charge in [-0.1, -0.05) is 45.0 Å². The van der Waals surface area contributed by atoms with Crippen LogP contribution in [-0.4, -0.2) is 50.1 Å². The van der Waals surface area contributed by atoms with Crippen molar-refractivity contribution in [2.75, 3.05) is 27.2 Å². The number of nitrogens with one attached hydrogen (secondary N) is 2. The highest BCUT2D eigenvalue weighted by molar-refractivity contribution is 5.79. The van der Waals surface area contributed by atoms with Crippen LogP contribution in [0, 0.1) is 5.41 Å². The van der Waals surface area contributed by atoms with Gasteiger partial charge in [0.1, 0.15) is 0 Å². The lowest BCUT2D eigenvalue weighted by Gasteiger charge is -2.30. The number of guanidine groups is 1. The summed E-state index contributed by atoms with van der Waals surface area (Å²) in [6, 6.07) is 8.39. The van der Waals surface area contributed by atoms with Crippen molar-refractivity contribution in [2.24, 2.45) is 10.4 Å². The van der Waals surface area contributed by atoms with E-state index in [1.807, 2.05) is 4.90 Å². The summed E-state index contributed by atoms with van der Waals surface area (Å²) in [6.07, 6.45) is 1.77. The molecule has 2 N–H and O–H groups in total. The number of likely N-dealkylation sites (tertiary alicyclic amines) is 1. The molecule has 0 aliphatic carbocycles. The third kappa shape index (κ3) is 6.54. The summed E-state index contributed by atoms with van der Waals surface area (Å²) in [7, 11) is 3.51. The molecule has 6 heteroatoms. The van der Waals surface area contributed by atoms with Crippen molar-refractivity contribution in [2.45, 2.75) is 52.8 Å². The van der Waals surface area contributed by atoms with E-state index in [9.17, 15) is 4.79 Å². The average molecular weight is 375 g/mol. The number of methoxy groups -OCH3 is 1. The molecule has 27 heavy (non-hydrogen) atoms. The minimum Gasteiger partial charge on any atom is -0.379 e. The number of benzene rings is 1. The van der Waals surface area contributed by atoms with Gasteiger partial charge in [0.15, 0.2) is 5.96 Å². The summed E-state index contributed by atoms with van der Waals surface area (Å²) in [4.78, 5) is 17.9. The lowest BCUT2D eigenvalue weighted by Crippen LogP contribution is -2.45. The Morgan fingerprint density at radius 2 is 1.89 bits per heavy atom. The molecular weight excluding hydrogens is 340 g/mol. The van der Waals surface area contributed by atoms with Gasteiger partial charge >= 0.3 is 0 Å². The largest absolute Gasteiger partial charge is 0.379 e. The first kappa shape index (κ1) is 21.2. The number of carbonyl (C=O) groups excluding carboxylic acids is 1. The molecule has 6 nitrogen and oxygen atoms in total. The Morgan fingerprint density at radius 1 is 1.22 bits per heavy atom. The summed E-state index contributed by atoms with van der Waals surface area (Å²) in [5.41, 5.74) is 2.41. The van der Waals surface area contributed by atoms with Crippen molar-refractivity contribution < 1.29 is 9.53 Å². The van der Waals surface area contributed by atoms with Gasteiger partial charge < -0.3 is 20.3 Å². The molecule has 1 saturated heterocycles. The summed E-state index contributed by atoms with van der Waals surface area (Å²) in [5, 5.41) is 6.67. The molecule has 1 aliphatic rings. The van der Waals surface area contributed by atoms with Crippen molar-refractivity contribution >= 4 is 11.9 Å². The second-order valence-electron chi connectivity index (χ2n) is 8.13. The SMILES string of the molecule is CN=C(NCc1ccc(CN2CCCC2=O)cc1)NCC(OC)C(C)(C)C. The van der Waals surface area contributed by atoms with Crippen LogP contribution in [0.5, 0.6) is 0 Å². The molecule has 1 fully saturated rings. The summed E-state index contributed by atoms with van der Waals surface area (Å²) in [6.45, 7) is 9.46. The predicted molar refractivity (Wildman–Crippen MR) is 110 cm³/mol. The number of hydrogen-bond donors (Lipinski definition) is 2. The Bertz CT molecular complexity index is 635. The van der Waals surface area contributed by atoms with Crippen molar-refractivity contribution in [3.05, 3.63) is 35.4 Å². The third-order valence-corrected chi connectivity index (χ3v) is 4.96. The molecule has 1 aliphatic heterocycles. The minimum atomic E-state index is 0.0627. The first-order valence-electron chi connectivity index (χ1n) is 9.66. The van der Waals surface area contributed by atoms with E-state index < -0.39 is 0 Å². The molecule has 0 saturated carbocycles. The smallest absolute Gasteiger partial charge is 0.222 e. The van der Waals surface area contributed by atoms with E-state index in [0.717, 1.165) is 18.9 Å². The lowest BCUT2D eigenvalue weighted by atomic mass is 9.89. The van der Waals surface area contributed by atoms with Gasteiger partial charge in [-0.15, -0.1) is 0 Å². The second-order valence-corrected chi connectivity index (χ2v) is 8.13. The maximum atomic E-state index is 11.7. The van der Waals surface area contributed by atoms with E-state index in [4.69, 9.17) is 4.74 Å². The maximum Gasteiger partial charge on any atom is 0.222 e. The molecule has 0 radical (unpaired) electrons. The number of aliphatic imine (C=N–C) groups is 1. The van der Waals surface area contributed by atoms with Gasteiger partial charge in [0.2, 0.25) is 5.91 Å². The summed E-state index contributed by atoms with van der Waals surface area (Å²) < 4.78 is 5.57. The van der Waals surface area contributed by atoms with Gasteiger partial charge in [0.05, 0.1) is 6.10 Å². The molecule has 0 spiro atoms. The molecule has 1 unspecified atom stereocenters. The standard InChI is InChI=1S/C21H34N4O2/c1-21(2,3)18(27-5)14-24-20(22-4)23-13-16-8-10-17(11-9-16)15-25-12-6-7-19(25)26/h8-11,18H,6-7,12-15H2,1-5H3,(H2,22,23,24). The van der Waals surface area contributed by atoms with Crippen LogP contribution in [0.4, 0.5) is 0 Å².